The van der Waals surface area contributed by atoms with Gasteiger partial charge in [-0.25, -0.2) is 0 Å². The zero-order valence-electron chi connectivity index (χ0n) is 11.2. The second-order valence-corrected chi connectivity index (χ2v) is 5.70. The summed E-state index contributed by atoms with van der Waals surface area (Å²) in [6, 6.07) is 9.54. The molecular formula is C15H22N2O. The lowest BCUT2D eigenvalue weighted by atomic mass is 10.00. The predicted molar refractivity (Wildman–Crippen MR) is 73.1 cm³/mol. The molecule has 0 radical (unpaired) electrons. The monoisotopic (exact) mass is 246 g/mol. The first kappa shape index (κ1) is 13.1. The number of carbonyl (C=O) groups is 1. The molecule has 1 heterocycles. The van der Waals surface area contributed by atoms with Crippen LogP contribution in [0.2, 0.25) is 0 Å². The van der Waals surface area contributed by atoms with E-state index in [0.29, 0.717) is 6.42 Å². The molecule has 1 atom stereocenters. The Balaban J connectivity index is 2.01. The van der Waals surface area contributed by atoms with Crippen LogP contribution >= 0.6 is 0 Å². The molecule has 0 bridgehead atoms. The fourth-order valence-corrected chi connectivity index (χ4v) is 2.67. The second kappa shape index (κ2) is 5.11. The largest absolute Gasteiger partial charge is 0.336 e. The minimum atomic E-state index is -0.426. The second-order valence-electron chi connectivity index (χ2n) is 5.70. The molecule has 2 rings (SSSR count). The van der Waals surface area contributed by atoms with Gasteiger partial charge in [-0.3, -0.25) is 4.79 Å². The number of likely N-dealkylation sites (tertiary alicyclic amines) is 1. The first-order valence-electron chi connectivity index (χ1n) is 6.62. The van der Waals surface area contributed by atoms with Gasteiger partial charge in [0.2, 0.25) is 5.91 Å². The van der Waals surface area contributed by atoms with Gasteiger partial charge in [-0.05, 0) is 38.7 Å². The molecule has 0 aliphatic carbocycles. The van der Waals surface area contributed by atoms with Gasteiger partial charge in [0.1, 0.15) is 0 Å². The van der Waals surface area contributed by atoms with Crippen molar-refractivity contribution in [2.24, 2.45) is 5.73 Å². The maximum atomic E-state index is 12.4. The maximum Gasteiger partial charge on any atom is 0.240 e. The molecule has 1 aromatic carbocycles. The summed E-state index contributed by atoms with van der Waals surface area (Å²) in [5, 5.41) is 0. The van der Waals surface area contributed by atoms with Gasteiger partial charge >= 0.3 is 0 Å². The highest BCUT2D eigenvalue weighted by Crippen LogP contribution is 2.28. The smallest absolute Gasteiger partial charge is 0.240 e. The fraction of sp³-hybridized carbons (Fsp3) is 0.533. The van der Waals surface area contributed by atoms with Crippen molar-refractivity contribution < 1.29 is 4.79 Å². The van der Waals surface area contributed by atoms with Crippen molar-refractivity contribution in [3.63, 3.8) is 0 Å². The molecule has 1 aromatic rings. The molecular weight excluding hydrogens is 224 g/mol. The molecule has 2 N–H and O–H groups in total. The lowest BCUT2D eigenvalue weighted by molar-refractivity contribution is -0.135. The number of rotatable bonds is 3. The summed E-state index contributed by atoms with van der Waals surface area (Å²) >= 11 is 0. The Morgan fingerprint density at radius 3 is 2.61 bits per heavy atom. The SMILES string of the molecule is CC1(C)CCCN1C(=O)[C@@H](N)Cc1ccccc1. The van der Waals surface area contributed by atoms with E-state index in [9.17, 15) is 4.79 Å². The maximum absolute atomic E-state index is 12.4. The van der Waals surface area contributed by atoms with Crippen molar-refractivity contribution in [2.45, 2.75) is 44.7 Å². The average Bonchev–Trinajstić information content (AvgIpc) is 2.69. The van der Waals surface area contributed by atoms with E-state index in [2.05, 4.69) is 13.8 Å². The third-order valence-electron chi connectivity index (χ3n) is 3.78. The van der Waals surface area contributed by atoms with Gasteiger partial charge in [0.05, 0.1) is 6.04 Å². The van der Waals surface area contributed by atoms with Crippen LogP contribution < -0.4 is 5.73 Å². The number of carbonyl (C=O) groups excluding carboxylic acids is 1. The Labute approximate surface area is 109 Å². The average molecular weight is 246 g/mol. The Hall–Kier alpha value is -1.35. The summed E-state index contributed by atoms with van der Waals surface area (Å²) < 4.78 is 0. The highest BCUT2D eigenvalue weighted by molar-refractivity contribution is 5.83. The molecule has 3 heteroatoms. The highest BCUT2D eigenvalue weighted by atomic mass is 16.2. The molecule has 1 saturated heterocycles. The van der Waals surface area contributed by atoms with Crippen LogP contribution in [0, 0.1) is 0 Å². The molecule has 1 aliphatic rings. The Morgan fingerprint density at radius 2 is 2.06 bits per heavy atom. The summed E-state index contributed by atoms with van der Waals surface area (Å²) in [5.74, 6) is 0.0846. The van der Waals surface area contributed by atoms with Crippen molar-refractivity contribution in [3.05, 3.63) is 35.9 Å². The molecule has 3 nitrogen and oxygen atoms in total. The summed E-state index contributed by atoms with van der Waals surface area (Å²) in [5.41, 5.74) is 7.14. The van der Waals surface area contributed by atoms with Gasteiger partial charge < -0.3 is 10.6 Å². The quantitative estimate of drug-likeness (QED) is 0.886. The third-order valence-corrected chi connectivity index (χ3v) is 3.78. The van der Waals surface area contributed by atoms with E-state index in [-0.39, 0.29) is 11.4 Å². The van der Waals surface area contributed by atoms with E-state index >= 15 is 0 Å². The Bertz CT molecular complexity index is 414. The minimum absolute atomic E-state index is 0.0363. The standard InChI is InChI=1S/C15H22N2O/c1-15(2)9-6-10-17(15)14(18)13(16)11-12-7-4-3-5-8-12/h3-5,7-8,13H,6,9-11,16H2,1-2H3/t13-/m0/s1. The zero-order valence-corrected chi connectivity index (χ0v) is 11.2. The van der Waals surface area contributed by atoms with Crippen LogP contribution in [0.3, 0.4) is 0 Å². The van der Waals surface area contributed by atoms with E-state index in [0.717, 1.165) is 24.9 Å². The van der Waals surface area contributed by atoms with Crippen molar-refractivity contribution >= 4 is 5.91 Å². The van der Waals surface area contributed by atoms with Gasteiger partial charge in [0.15, 0.2) is 0 Å². The topological polar surface area (TPSA) is 46.3 Å². The summed E-state index contributed by atoms with van der Waals surface area (Å²) in [7, 11) is 0. The predicted octanol–water partition coefficient (Wildman–Crippen LogP) is 1.96. The molecule has 0 aromatic heterocycles. The fourth-order valence-electron chi connectivity index (χ4n) is 2.67. The van der Waals surface area contributed by atoms with Crippen LogP contribution in [0.15, 0.2) is 30.3 Å². The van der Waals surface area contributed by atoms with Crippen molar-refractivity contribution in [1.82, 2.24) is 4.90 Å². The lowest BCUT2D eigenvalue weighted by Crippen LogP contribution is -2.50. The van der Waals surface area contributed by atoms with Crippen LogP contribution in [0.1, 0.15) is 32.3 Å². The molecule has 1 aliphatic heterocycles. The summed E-state index contributed by atoms with van der Waals surface area (Å²) in [6.45, 7) is 5.08. The van der Waals surface area contributed by atoms with E-state index in [1.54, 1.807) is 0 Å². The van der Waals surface area contributed by atoms with Crippen LogP contribution in [0.5, 0.6) is 0 Å². The molecule has 18 heavy (non-hydrogen) atoms. The number of amides is 1. The van der Waals surface area contributed by atoms with Crippen LogP contribution in [-0.4, -0.2) is 28.9 Å². The van der Waals surface area contributed by atoms with Gasteiger partial charge in [0, 0.05) is 12.1 Å². The van der Waals surface area contributed by atoms with E-state index < -0.39 is 6.04 Å². The van der Waals surface area contributed by atoms with Crippen molar-refractivity contribution in [3.8, 4) is 0 Å². The van der Waals surface area contributed by atoms with E-state index in [4.69, 9.17) is 5.73 Å². The number of hydrogen-bond acceptors (Lipinski definition) is 2. The lowest BCUT2D eigenvalue weighted by Gasteiger charge is -2.33. The normalized spacial score (nSPS) is 19.8. The van der Waals surface area contributed by atoms with Crippen LogP contribution in [0.25, 0.3) is 0 Å². The minimum Gasteiger partial charge on any atom is -0.336 e. The third kappa shape index (κ3) is 2.72. The number of nitrogens with two attached hydrogens (primary N) is 1. The van der Waals surface area contributed by atoms with Gasteiger partial charge in [-0.1, -0.05) is 30.3 Å². The van der Waals surface area contributed by atoms with E-state index in [1.807, 2.05) is 35.2 Å². The molecule has 0 spiro atoms. The number of nitrogens with zero attached hydrogens (tertiary/aromatic N) is 1. The van der Waals surface area contributed by atoms with Crippen LogP contribution in [0.4, 0.5) is 0 Å². The van der Waals surface area contributed by atoms with Crippen molar-refractivity contribution in [1.29, 1.82) is 0 Å². The number of benzene rings is 1. The zero-order chi connectivity index (χ0) is 13.2. The highest BCUT2D eigenvalue weighted by Gasteiger charge is 2.37. The summed E-state index contributed by atoms with van der Waals surface area (Å²) in [4.78, 5) is 14.3. The molecule has 1 amide bonds. The first-order chi connectivity index (χ1) is 8.50. The van der Waals surface area contributed by atoms with Crippen LogP contribution in [-0.2, 0) is 11.2 Å². The molecule has 0 saturated carbocycles. The molecule has 1 fully saturated rings. The first-order valence-corrected chi connectivity index (χ1v) is 6.62. The Morgan fingerprint density at radius 1 is 1.39 bits per heavy atom. The summed E-state index contributed by atoms with van der Waals surface area (Å²) in [6.07, 6.45) is 2.76. The number of hydrogen-bond donors (Lipinski definition) is 1. The van der Waals surface area contributed by atoms with Gasteiger partial charge in [0.25, 0.3) is 0 Å². The van der Waals surface area contributed by atoms with Crippen molar-refractivity contribution in [2.75, 3.05) is 6.54 Å². The van der Waals surface area contributed by atoms with E-state index in [1.165, 1.54) is 0 Å². The molecule has 98 valence electrons. The Kier molecular flexibility index (Phi) is 3.71. The van der Waals surface area contributed by atoms with Gasteiger partial charge in [-0.2, -0.15) is 0 Å². The van der Waals surface area contributed by atoms with Gasteiger partial charge in [-0.15, -0.1) is 0 Å². The molecule has 0 unspecified atom stereocenters.